The molecule has 0 saturated carbocycles. The summed E-state index contributed by atoms with van der Waals surface area (Å²) >= 11 is 12.0. The molecule has 2 aromatic rings. The van der Waals surface area contributed by atoms with Gasteiger partial charge in [-0.25, -0.2) is 8.42 Å². The molecule has 0 fully saturated rings. The zero-order valence-corrected chi connectivity index (χ0v) is 22.3. The summed E-state index contributed by atoms with van der Waals surface area (Å²) in [5.74, 6) is -0.586. The number of amides is 2. The van der Waals surface area contributed by atoms with Crippen molar-refractivity contribution in [2.24, 2.45) is 5.92 Å². The number of sulfonamides is 1. The minimum atomic E-state index is -3.80. The summed E-state index contributed by atoms with van der Waals surface area (Å²) < 4.78 is 26.3. The lowest BCUT2D eigenvalue weighted by Crippen LogP contribution is -2.51. The average Bonchev–Trinajstić information content (AvgIpc) is 2.74. The first-order chi connectivity index (χ1) is 15.8. The van der Waals surface area contributed by atoms with E-state index in [9.17, 15) is 18.0 Å². The lowest BCUT2D eigenvalue weighted by atomic mass is 10.1. The molecule has 0 aliphatic rings. The van der Waals surface area contributed by atoms with Gasteiger partial charge >= 0.3 is 0 Å². The van der Waals surface area contributed by atoms with Crippen LogP contribution < -0.4 is 9.62 Å². The van der Waals surface area contributed by atoms with Gasteiger partial charge in [0.05, 0.1) is 11.9 Å². The second-order valence-corrected chi connectivity index (χ2v) is 11.4. The molecule has 0 aliphatic carbocycles. The summed E-state index contributed by atoms with van der Waals surface area (Å²) in [4.78, 5) is 27.7. The molecule has 1 N–H and O–H groups in total. The minimum Gasteiger partial charge on any atom is -0.354 e. The number of aryl methyl sites for hydroxylation is 1. The Labute approximate surface area is 212 Å². The molecule has 0 radical (unpaired) electrons. The highest BCUT2D eigenvalue weighted by Crippen LogP contribution is 2.26. The van der Waals surface area contributed by atoms with E-state index in [-0.39, 0.29) is 18.4 Å². The van der Waals surface area contributed by atoms with Gasteiger partial charge in [0.2, 0.25) is 21.8 Å². The largest absolute Gasteiger partial charge is 0.354 e. The van der Waals surface area contributed by atoms with E-state index in [0.717, 1.165) is 16.1 Å². The van der Waals surface area contributed by atoms with E-state index in [4.69, 9.17) is 23.2 Å². The van der Waals surface area contributed by atoms with Crippen LogP contribution in [0.4, 0.5) is 5.69 Å². The number of carbonyl (C=O) groups excluding carboxylic acids is 2. The smallest absolute Gasteiger partial charge is 0.244 e. The maximum absolute atomic E-state index is 13.5. The normalized spacial score (nSPS) is 12.4. The van der Waals surface area contributed by atoms with E-state index >= 15 is 0 Å². The standard InChI is InChI=1S/C24H31Cl2N3O4S/c1-16(2)13-27-24(31)18(4)28(14-19-6-8-20(25)9-7-19)23(30)15-29(34(5,32)33)22-11-10-21(26)12-17(22)3/h6-12,16,18H,13-15H2,1-5H3,(H,27,31)/t18-/m1/s1. The van der Waals surface area contributed by atoms with Gasteiger partial charge in [-0.2, -0.15) is 0 Å². The third-order valence-electron chi connectivity index (χ3n) is 5.22. The van der Waals surface area contributed by atoms with Crippen LogP contribution in [0.5, 0.6) is 0 Å². The van der Waals surface area contributed by atoms with Crippen molar-refractivity contribution < 1.29 is 18.0 Å². The second-order valence-electron chi connectivity index (χ2n) is 8.66. The minimum absolute atomic E-state index is 0.115. The molecule has 0 bridgehead atoms. The van der Waals surface area contributed by atoms with Gasteiger partial charge in [-0.1, -0.05) is 49.2 Å². The molecule has 0 aliphatic heterocycles. The first-order valence-corrected chi connectivity index (χ1v) is 13.5. The average molecular weight is 529 g/mol. The third-order valence-corrected chi connectivity index (χ3v) is 6.84. The molecular formula is C24H31Cl2N3O4S. The lowest BCUT2D eigenvalue weighted by molar-refractivity contribution is -0.139. The van der Waals surface area contributed by atoms with E-state index in [1.54, 1.807) is 56.3 Å². The highest BCUT2D eigenvalue weighted by Gasteiger charge is 2.30. The number of hydrogen-bond acceptors (Lipinski definition) is 4. The van der Waals surface area contributed by atoms with Crippen LogP contribution in [0.1, 0.15) is 31.9 Å². The van der Waals surface area contributed by atoms with Gasteiger partial charge in [0.15, 0.2) is 0 Å². The fourth-order valence-electron chi connectivity index (χ4n) is 3.32. The molecule has 186 valence electrons. The van der Waals surface area contributed by atoms with E-state index in [2.05, 4.69) is 5.32 Å². The molecule has 0 spiro atoms. The number of benzene rings is 2. The second kappa shape index (κ2) is 11.9. The molecule has 2 amide bonds. The van der Waals surface area contributed by atoms with E-state index < -0.39 is 28.5 Å². The predicted molar refractivity (Wildman–Crippen MR) is 138 cm³/mol. The van der Waals surface area contributed by atoms with Crippen LogP contribution >= 0.6 is 23.2 Å². The maximum Gasteiger partial charge on any atom is 0.244 e. The van der Waals surface area contributed by atoms with Crippen molar-refractivity contribution >= 4 is 50.7 Å². The summed E-state index contributed by atoms with van der Waals surface area (Å²) in [6.07, 6.45) is 1.04. The Morgan fingerprint density at radius 1 is 1.00 bits per heavy atom. The number of nitrogens with one attached hydrogen (secondary N) is 1. The number of halogens is 2. The van der Waals surface area contributed by atoms with E-state index in [0.29, 0.717) is 27.8 Å². The highest BCUT2D eigenvalue weighted by atomic mass is 35.5. The van der Waals surface area contributed by atoms with Crippen LogP contribution in [0.15, 0.2) is 42.5 Å². The van der Waals surface area contributed by atoms with Gasteiger partial charge in [-0.05, 0) is 61.2 Å². The van der Waals surface area contributed by atoms with Gasteiger partial charge in [0, 0.05) is 23.1 Å². The van der Waals surface area contributed by atoms with Gasteiger partial charge in [-0.3, -0.25) is 13.9 Å². The maximum atomic E-state index is 13.5. The van der Waals surface area contributed by atoms with Gasteiger partial charge in [0.25, 0.3) is 0 Å². The molecule has 1 atom stereocenters. The van der Waals surface area contributed by atoms with Crippen LogP contribution in [0.2, 0.25) is 10.0 Å². The molecule has 10 heteroatoms. The third kappa shape index (κ3) is 7.89. The van der Waals surface area contributed by atoms with Crippen molar-refractivity contribution in [3.05, 3.63) is 63.6 Å². The van der Waals surface area contributed by atoms with Crippen molar-refractivity contribution in [2.75, 3.05) is 23.7 Å². The zero-order chi connectivity index (χ0) is 25.6. The molecule has 0 unspecified atom stereocenters. The van der Waals surface area contributed by atoms with Crippen molar-refractivity contribution in [3.8, 4) is 0 Å². The summed E-state index contributed by atoms with van der Waals surface area (Å²) in [5.41, 5.74) is 1.72. The molecule has 2 aromatic carbocycles. The topological polar surface area (TPSA) is 86.8 Å². The van der Waals surface area contributed by atoms with E-state index in [1.807, 2.05) is 13.8 Å². The monoisotopic (exact) mass is 527 g/mol. The van der Waals surface area contributed by atoms with Crippen LogP contribution in [-0.2, 0) is 26.2 Å². The summed E-state index contributed by atoms with van der Waals surface area (Å²) in [5, 5.41) is 3.85. The van der Waals surface area contributed by atoms with Crippen molar-refractivity contribution in [2.45, 2.75) is 40.3 Å². The Morgan fingerprint density at radius 2 is 1.59 bits per heavy atom. The summed E-state index contributed by atoms with van der Waals surface area (Å²) in [7, 11) is -3.80. The molecule has 2 rings (SSSR count). The summed E-state index contributed by atoms with van der Waals surface area (Å²) in [6.45, 7) is 7.41. The number of hydrogen-bond donors (Lipinski definition) is 1. The number of rotatable bonds is 10. The van der Waals surface area contributed by atoms with Crippen LogP contribution in [0.25, 0.3) is 0 Å². The van der Waals surface area contributed by atoms with Gasteiger partial charge in [-0.15, -0.1) is 0 Å². The number of carbonyl (C=O) groups is 2. The molecule has 0 aromatic heterocycles. The molecular weight excluding hydrogens is 497 g/mol. The Kier molecular flexibility index (Phi) is 9.79. The fourth-order valence-corrected chi connectivity index (χ4v) is 4.57. The molecule has 0 heterocycles. The van der Waals surface area contributed by atoms with Crippen molar-refractivity contribution in [1.82, 2.24) is 10.2 Å². The van der Waals surface area contributed by atoms with Crippen molar-refractivity contribution in [3.63, 3.8) is 0 Å². The van der Waals surface area contributed by atoms with Crippen LogP contribution in [0, 0.1) is 12.8 Å². The molecule has 0 saturated heterocycles. The molecule has 7 nitrogen and oxygen atoms in total. The number of anilines is 1. The van der Waals surface area contributed by atoms with Gasteiger partial charge in [0.1, 0.15) is 12.6 Å². The first-order valence-electron chi connectivity index (χ1n) is 10.8. The van der Waals surface area contributed by atoms with E-state index in [1.165, 1.54) is 4.90 Å². The zero-order valence-electron chi connectivity index (χ0n) is 20.0. The lowest BCUT2D eigenvalue weighted by Gasteiger charge is -2.32. The van der Waals surface area contributed by atoms with Gasteiger partial charge < -0.3 is 10.2 Å². The Balaban J connectivity index is 2.39. The quantitative estimate of drug-likeness (QED) is 0.500. The molecule has 34 heavy (non-hydrogen) atoms. The Hall–Kier alpha value is -2.29. The van der Waals surface area contributed by atoms with Crippen molar-refractivity contribution in [1.29, 1.82) is 0 Å². The first kappa shape index (κ1) is 28.0. The number of nitrogens with zero attached hydrogens (tertiary/aromatic N) is 2. The SMILES string of the molecule is Cc1cc(Cl)ccc1N(CC(=O)N(Cc1ccc(Cl)cc1)[C@H](C)C(=O)NCC(C)C)S(C)(=O)=O. The Morgan fingerprint density at radius 3 is 2.12 bits per heavy atom. The fraction of sp³-hybridized carbons (Fsp3) is 0.417. The Bertz CT molecular complexity index is 1120. The summed E-state index contributed by atoms with van der Waals surface area (Å²) in [6, 6.07) is 10.9. The van der Waals surface area contributed by atoms with Crippen LogP contribution in [-0.4, -0.2) is 50.5 Å². The van der Waals surface area contributed by atoms with Crippen LogP contribution in [0.3, 0.4) is 0 Å². The predicted octanol–water partition coefficient (Wildman–Crippen LogP) is 4.26. The highest BCUT2D eigenvalue weighted by molar-refractivity contribution is 7.92.